The molecule has 0 aromatic rings. The van der Waals surface area contributed by atoms with Crippen LogP contribution < -0.4 is 5.43 Å². The molecule has 1 N–H and O–H groups in total. The maximum absolute atomic E-state index is 12.6. The Morgan fingerprint density at radius 3 is 1.71 bits per heavy atom. The summed E-state index contributed by atoms with van der Waals surface area (Å²) in [5.74, 6) is 1.53. The van der Waals surface area contributed by atoms with E-state index in [1.54, 1.807) is 0 Å². The predicted octanol–water partition coefficient (Wildman–Crippen LogP) is 6.70. The highest BCUT2D eigenvalue weighted by molar-refractivity contribution is 7.80. The molecule has 0 bridgehead atoms. The van der Waals surface area contributed by atoms with Gasteiger partial charge in [0.15, 0.2) is 6.04 Å². The average molecular weight is 562 g/mol. The minimum absolute atomic E-state index is 0.203. The first kappa shape index (κ1) is 36.8. The number of nitrogens with one attached hydrogen (secondary N) is 1. The van der Waals surface area contributed by atoms with E-state index >= 15 is 0 Å². The maximum atomic E-state index is 12.6. The van der Waals surface area contributed by atoms with Crippen LogP contribution >= 0.6 is 0 Å². The van der Waals surface area contributed by atoms with Gasteiger partial charge in [0.2, 0.25) is 10.4 Å². The lowest BCUT2D eigenvalue weighted by atomic mass is 10.1. The molecule has 0 saturated carbocycles. The summed E-state index contributed by atoms with van der Waals surface area (Å²) in [4.78, 5) is 15.0. The van der Waals surface area contributed by atoms with E-state index in [4.69, 9.17) is 0 Å². The number of likely N-dealkylation sites (N-methyl/N-ethyl adjacent to an activating group) is 1. The Morgan fingerprint density at radius 1 is 0.868 bits per heavy atom. The highest BCUT2D eigenvalue weighted by Crippen LogP contribution is 2.16. The highest BCUT2D eigenvalue weighted by atomic mass is 32.3. The molecule has 226 valence electrons. The number of carbonyl (C=O) groups is 1. The first-order valence-electron chi connectivity index (χ1n) is 15.4. The quantitative estimate of drug-likeness (QED) is 0.0683. The van der Waals surface area contributed by atoms with E-state index in [1.807, 2.05) is 0 Å². The third kappa shape index (κ3) is 19.8. The van der Waals surface area contributed by atoms with Crippen LogP contribution in [0.25, 0.3) is 0 Å². The molecule has 1 atom stereocenters. The minimum Gasteiger partial charge on any atom is -0.726 e. The fourth-order valence-electron chi connectivity index (χ4n) is 4.88. The molecule has 9 heteroatoms. The largest absolute Gasteiger partial charge is 0.726 e. The number of hydrazine groups is 1. The zero-order valence-corrected chi connectivity index (χ0v) is 26.1. The number of carbonyl (C=O) groups excluding carboxylic acids is 1. The third-order valence-electron chi connectivity index (χ3n) is 7.25. The van der Waals surface area contributed by atoms with Crippen molar-refractivity contribution < 1.29 is 26.6 Å². The molecule has 0 fully saturated rings. The Hall–Kier alpha value is -1.19. The van der Waals surface area contributed by atoms with Crippen LogP contribution in [-0.2, 0) is 19.4 Å². The lowest BCUT2D eigenvalue weighted by molar-refractivity contribution is -0.601. The molecule has 0 radical (unpaired) electrons. The summed E-state index contributed by atoms with van der Waals surface area (Å²) in [7, 11) is -1.41. The number of rotatable bonds is 22. The summed E-state index contributed by atoms with van der Waals surface area (Å²) in [5.41, 5.74) is 3.28. The van der Waals surface area contributed by atoms with Gasteiger partial charge < -0.3 is 4.55 Å². The van der Waals surface area contributed by atoms with Gasteiger partial charge in [0.25, 0.3) is 11.7 Å². The van der Waals surface area contributed by atoms with Gasteiger partial charge in [0.05, 0.1) is 20.6 Å². The Labute approximate surface area is 234 Å². The fraction of sp³-hybridized carbons (Fsp3) is 0.931. The van der Waals surface area contributed by atoms with Crippen LogP contribution in [0.1, 0.15) is 149 Å². The Bertz CT molecular complexity index is 728. The van der Waals surface area contributed by atoms with Crippen LogP contribution in [0.5, 0.6) is 0 Å². The third-order valence-corrected chi connectivity index (χ3v) is 7.66. The van der Waals surface area contributed by atoms with Crippen LogP contribution in [0.2, 0.25) is 0 Å². The molecule has 1 aliphatic rings. The van der Waals surface area contributed by atoms with Crippen LogP contribution in [0.4, 0.5) is 0 Å². The Balaban J connectivity index is 0.00000203. The monoisotopic (exact) mass is 561 g/mol. The molecule has 0 aromatic carbocycles. The Kier molecular flexibility index (Phi) is 22.9. The van der Waals surface area contributed by atoms with Crippen molar-refractivity contribution in [3.63, 3.8) is 0 Å². The van der Waals surface area contributed by atoms with E-state index in [1.165, 1.54) is 109 Å². The maximum Gasteiger partial charge on any atom is 0.270 e. The van der Waals surface area contributed by atoms with Crippen molar-refractivity contribution in [3.8, 4) is 0 Å². The number of nitrogens with zero attached hydrogens (tertiary/aromatic N) is 2. The summed E-state index contributed by atoms with van der Waals surface area (Å²) in [5, 5.41) is 0. The average Bonchev–Trinajstić information content (AvgIpc) is 3.18. The molecular formula is C29H59N3O5S. The Morgan fingerprint density at radius 2 is 1.29 bits per heavy atom. The lowest BCUT2D eigenvalue weighted by Crippen LogP contribution is -2.41. The fourth-order valence-corrected chi connectivity index (χ4v) is 4.88. The van der Waals surface area contributed by atoms with E-state index in [2.05, 4.69) is 47.0 Å². The number of hydrogen-bond donors (Lipinski definition) is 1. The summed E-state index contributed by atoms with van der Waals surface area (Å²) in [6.45, 7) is 7.81. The van der Waals surface area contributed by atoms with Crippen LogP contribution in [0.15, 0.2) is 0 Å². The molecule has 0 aliphatic carbocycles. The van der Waals surface area contributed by atoms with Crippen molar-refractivity contribution in [2.75, 3.05) is 20.7 Å². The second kappa shape index (κ2) is 23.7. The lowest BCUT2D eigenvalue weighted by Gasteiger charge is -2.12. The molecule has 0 aromatic heterocycles. The van der Waals surface area contributed by atoms with Gasteiger partial charge in [-0.1, -0.05) is 117 Å². The number of amides is 1. The number of hydrazone groups is 1. The van der Waals surface area contributed by atoms with Gasteiger partial charge in [0, 0.05) is 6.42 Å². The van der Waals surface area contributed by atoms with Crippen molar-refractivity contribution in [1.82, 2.24) is 10.3 Å². The molecule has 38 heavy (non-hydrogen) atoms. The van der Waals surface area contributed by atoms with Gasteiger partial charge in [-0.05, 0) is 19.3 Å². The van der Waals surface area contributed by atoms with Crippen molar-refractivity contribution in [2.24, 2.45) is 0 Å². The summed E-state index contributed by atoms with van der Waals surface area (Å²) >= 11 is 0. The van der Waals surface area contributed by atoms with Gasteiger partial charge >= 0.3 is 0 Å². The van der Waals surface area contributed by atoms with E-state index in [0.29, 0.717) is 12.5 Å². The van der Waals surface area contributed by atoms with Gasteiger partial charge in [-0.2, -0.15) is 10.1 Å². The second-order valence-corrected chi connectivity index (χ2v) is 11.8. The number of hydrogen-bond acceptors (Lipinski definition) is 6. The molecular weight excluding hydrogens is 502 g/mol. The summed E-state index contributed by atoms with van der Waals surface area (Å²) < 4.78 is 33.2. The van der Waals surface area contributed by atoms with Crippen molar-refractivity contribution in [3.05, 3.63) is 0 Å². The van der Waals surface area contributed by atoms with Crippen molar-refractivity contribution in [2.45, 2.75) is 155 Å². The zero-order chi connectivity index (χ0) is 28.7. The molecule has 1 heterocycles. The highest BCUT2D eigenvalue weighted by Gasteiger charge is 2.36. The van der Waals surface area contributed by atoms with Crippen LogP contribution in [0, 0.1) is 0 Å². The smallest absolute Gasteiger partial charge is 0.270 e. The molecule has 0 spiro atoms. The molecule has 1 unspecified atom stereocenters. The van der Waals surface area contributed by atoms with Crippen molar-refractivity contribution in [1.29, 1.82) is 0 Å². The molecule has 8 nitrogen and oxygen atoms in total. The van der Waals surface area contributed by atoms with Gasteiger partial charge in [-0.25, -0.2) is 8.42 Å². The molecule has 1 rings (SSSR count). The zero-order valence-electron chi connectivity index (χ0n) is 25.3. The summed E-state index contributed by atoms with van der Waals surface area (Å²) in [6, 6.07) is 0.413. The van der Waals surface area contributed by atoms with Gasteiger partial charge in [-0.15, -0.1) is 0 Å². The number of unbranched alkanes of at least 4 members (excludes halogenated alkanes) is 15. The van der Waals surface area contributed by atoms with E-state index < -0.39 is 10.4 Å². The van der Waals surface area contributed by atoms with E-state index in [0.717, 1.165) is 32.9 Å². The van der Waals surface area contributed by atoms with E-state index in [9.17, 15) is 17.8 Å². The van der Waals surface area contributed by atoms with Crippen molar-refractivity contribution >= 4 is 22.1 Å². The van der Waals surface area contributed by atoms with Gasteiger partial charge in [0.1, 0.15) is 6.54 Å². The number of amidine groups is 1. The van der Waals surface area contributed by atoms with E-state index in [-0.39, 0.29) is 5.91 Å². The summed E-state index contributed by atoms with van der Waals surface area (Å²) in [6.07, 6.45) is 25.2. The predicted molar refractivity (Wildman–Crippen MR) is 156 cm³/mol. The topological polar surface area (TPSA) is 102 Å². The first-order valence-corrected chi connectivity index (χ1v) is 16.7. The minimum atomic E-state index is -4.41. The first-order chi connectivity index (χ1) is 18.2. The van der Waals surface area contributed by atoms with Crippen LogP contribution in [-0.4, -0.2) is 61.0 Å². The van der Waals surface area contributed by atoms with Crippen LogP contribution in [0.3, 0.4) is 0 Å². The molecule has 1 aliphatic heterocycles. The van der Waals surface area contributed by atoms with Gasteiger partial charge in [-0.3, -0.25) is 13.9 Å². The SMILES string of the molecule is CCCCCCCCCCCC1=[N+](NC(=O)CCCCCCCCCC)C(CC)CN1C.COS(=O)(=O)[O-]. The molecule has 0 saturated heterocycles. The normalized spacial score (nSPS) is 15.5. The molecule has 1 amide bonds. The second-order valence-electron chi connectivity index (χ2n) is 10.6. The standard InChI is InChI=1S/C28H55N3O.CH4O4S/c1-5-8-10-12-14-16-18-20-22-24-28-30(4)25-26(7-3)31(28)29-27(32)23-21-19-17-15-13-11-9-6-2;1-5-6(2,3)4/h26H,5-25H2,1-4H3;1H3,(H,2,3,4).